The number of ether oxygens (including phenoxy) is 1. The molecule has 1 unspecified atom stereocenters. The number of rotatable bonds is 16. The molecule has 2 aromatic rings. The van der Waals surface area contributed by atoms with Crippen molar-refractivity contribution in [3.8, 4) is 17.1 Å². The molecular formula is C27H40N2O2. The van der Waals surface area contributed by atoms with E-state index in [2.05, 4.69) is 30.7 Å². The lowest BCUT2D eigenvalue weighted by Gasteiger charge is -2.09. The van der Waals surface area contributed by atoms with Gasteiger partial charge in [0.2, 0.25) is 0 Å². The highest BCUT2D eigenvalue weighted by Gasteiger charge is 2.07. The quantitative estimate of drug-likeness (QED) is 0.267. The van der Waals surface area contributed by atoms with Crippen molar-refractivity contribution in [3.05, 3.63) is 42.2 Å². The summed E-state index contributed by atoms with van der Waals surface area (Å²) >= 11 is 0. The lowest BCUT2D eigenvalue weighted by atomic mass is 10.0. The molecule has 0 amide bonds. The maximum absolute atomic E-state index is 12.0. The van der Waals surface area contributed by atoms with Gasteiger partial charge in [-0.15, -0.1) is 0 Å². The number of hydrogen-bond donors (Lipinski definition) is 0. The number of unbranched alkanes of at least 4 members (excludes halogenated alkanes) is 5. The molecule has 1 heterocycles. The Kier molecular flexibility index (Phi) is 11.9. The van der Waals surface area contributed by atoms with Crippen LogP contribution in [0.5, 0.6) is 5.75 Å². The van der Waals surface area contributed by atoms with E-state index in [1.54, 1.807) is 0 Å². The third-order valence-corrected chi connectivity index (χ3v) is 5.89. The zero-order chi connectivity index (χ0) is 22.3. The van der Waals surface area contributed by atoms with Crippen LogP contribution < -0.4 is 4.74 Å². The second-order valence-electron chi connectivity index (χ2n) is 8.69. The van der Waals surface area contributed by atoms with Gasteiger partial charge in [-0.2, -0.15) is 0 Å². The molecule has 4 heteroatoms. The molecule has 170 valence electrons. The van der Waals surface area contributed by atoms with Gasteiger partial charge in [-0.1, -0.05) is 65.7 Å². The van der Waals surface area contributed by atoms with Crippen molar-refractivity contribution in [1.29, 1.82) is 0 Å². The largest absolute Gasteiger partial charge is 0.486 e. The third kappa shape index (κ3) is 10.1. The summed E-state index contributed by atoms with van der Waals surface area (Å²) in [6, 6.07) is 7.67. The van der Waals surface area contributed by atoms with E-state index in [0.29, 0.717) is 18.1 Å². The molecule has 1 atom stereocenters. The molecule has 1 aromatic heterocycles. The number of ketones is 1. The molecule has 0 radical (unpaired) electrons. The van der Waals surface area contributed by atoms with Gasteiger partial charge in [0, 0.05) is 24.4 Å². The molecule has 4 nitrogen and oxygen atoms in total. The first-order chi connectivity index (χ1) is 15.1. The van der Waals surface area contributed by atoms with Crippen molar-refractivity contribution in [2.45, 2.75) is 91.4 Å². The van der Waals surface area contributed by atoms with Crippen LogP contribution >= 0.6 is 0 Å². The summed E-state index contributed by atoms with van der Waals surface area (Å²) in [5.41, 5.74) is 2.16. The van der Waals surface area contributed by atoms with Gasteiger partial charge in [-0.25, -0.2) is 9.97 Å². The van der Waals surface area contributed by atoms with Crippen molar-refractivity contribution in [1.82, 2.24) is 9.97 Å². The van der Waals surface area contributed by atoms with Crippen LogP contribution in [-0.4, -0.2) is 22.4 Å². The first kappa shape index (κ1) is 25.0. The van der Waals surface area contributed by atoms with Crippen LogP contribution in [0.4, 0.5) is 0 Å². The van der Waals surface area contributed by atoms with E-state index in [0.717, 1.165) is 30.7 Å². The molecule has 0 saturated carbocycles. The Labute approximate surface area is 188 Å². The van der Waals surface area contributed by atoms with E-state index in [1.165, 1.54) is 50.5 Å². The van der Waals surface area contributed by atoms with E-state index < -0.39 is 0 Å². The van der Waals surface area contributed by atoms with Crippen LogP contribution in [0.1, 0.15) is 90.5 Å². The van der Waals surface area contributed by atoms with E-state index in [1.807, 2.05) is 36.7 Å². The van der Waals surface area contributed by atoms with Gasteiger partial charge in [0.1, 0.15) is 12.4 Å². The summed E-state index contributed by atoms with van der Waals surface area (Å²) in [6.07, 6.45) is 16.5. The molecule has 0 fully saturated rings. The lowest BCUT2D eigenvalue weighted by molar-refractivity contribution is -0.121. The number of carbonyl (C=O) groups is 1. The molecule has 0 bridgehead atoms. The first-order valence-electron chi connectivity index (χ1n) is 12.2. The fraction of sp³-hybridized carbons (Fsp3) is 0.593. The fourth-order valence-corrected chi connectivity index (χ4v) is 3.53. The van der Waals surface area contributed by atoms with Crippen molar-refractivity contribution in [2.75, 3.05) is 6.61 Å². The highest BCUT2D eigenvalue weighted by Crippen LogP contribution is 2.20. The Morgan fingerprint density at radius 1 is 0.935 bits per heavy atom. The van der Waals surface area contributed by atoms with Gasteiger partial charge >= 0.3 is 0 Å². The van der Waals surface area contributed by atoms with Gasteiger partial charge in [-0.05, 0) is 55.0 Å². The molecule has 31 heavy (non-hydrogen) atoms. The Bertz CT molecular complexity index is 741. The second kappa shape index (κ2) is 14.7. The topological polar surface area (TPSA) is 52.1 Å². The van der Waals surface area contributed by atoms with Crippen molar-refractivity contribution in [2.24, 2.45) is 5.92 Å². The average molecular weight is 425 g/mol. The zero-order valence-corrected chi connectivity index (χ0v) is 19.7. The first-order valence-corrected chi connectivity index (χ1v) is 12.2. The maximum Gasteiger partial charge on any atom is 0.170 e. The minimum Gasteiger partial charge on any atom is -0.486 e. The zero-order valence-electron chi connectivity index (χ0n) is 19.7. The Morgan fingerprint density at radius 2 is 1.61 bits per heavy atom. The number of aryl methyl sites for hydroxylation is 1. The maximum atomic E-state index is 12.0. The second-order valence-corrected chi connectivity index (χ2v) is 8.69. The monoisotopic (exact) mass is 424 g/mol. The SMILES string of the molecule is CCCCCCCCc1cnc(-c2ccc(OCC(=O)CCCC(C)CC)cc2)nc1. The molecule has 0 aliphatic heterocycles. The van der Waals surface area contributed by atoms with Crippen LogP contribution in [0.3, 0.4) is 0 Å². The molecule has 0 spiro atoms. The molecule has 0 aliphatic rings. The number of nitrogens with zero attached hydrogens (tertiary/aromatic N) is 2. The smallest absolute Gasteiger partial charge is 0.170 e. The minimum atomic E-state index is 0.142. The number of aromatic nitrogens is 2. The van der Waals surface area contributed by atoms with Gasteiger partial charge in [-0.3, -0.25) is 4.79 Å². The highest BCUT2D eigenvalue weighted by atomic mass is 16.5. The summed E-state index contributed by atoms with van der Waals surface area (Å²) in [6.45, 7) is 6.81. The van der Waals surface area contributed by atoms with E-state index in [9.17, 15) is 4.79 Å². The summed E-state index contributed by atoms with van der Waals surface area (Å²) in [4.78, 5) is 21.1. The minimum absolute atomic E-state index is 0.142. The van der Waals surface area contributed by atoms with E-state index in [4.69, 9.17) is 4.74 Å². The number of Topliss-reactive ketones (excluding diaryl/α,β-unsaturated/α-hetero) is 1. The highest BCUT2D eigenvalue weighted by molar-refractivity contribution is 5.79. The van der Waals surface area contributed by atoms with Crippen LogP contribution in [0.25, 0.3) is 11.4 Å². The molecule has 0 aliphatic carbocycles. The van der Waals surface area contributed by atoms with Gasteiger partial charge in [0.25, 0.3) is 0 Å². The van der Waals surface area contributed by atoms with Crippen LogP contribution in [0.2, 0.25) is 0 Å². The number of carbonyl (C=O) groups excluding carboxylic acids is 1. The fourth-order valence-electron chi connectivity index (χ4n) is 3.53. The number of hydrogen-bond acceptors (Lipinski definition) is 4. The van der Waals surface area contributed by atoms with Crippen molar-refractivity contribution >= 4 is 5.78 Å². The Balaban J connectivity index is 1.72. The molecule has 1 aromatic carbocycles. The van der Waals surface area contributed by atoms with Gasteiger partial charge < -0.3 is 4.74 Å². The predicted octanol–water partition coefficient (Wildman–Crippen LogP) is 7.21. The Hall–Kier alpha value is -2.23. The number of benzene rings is 1. The summed E-state index contributed by atoms with van der Waals surface area (Å²) < 4.78 is 5.65. The molecule has 0 N–H and O–H groups in total. The van der Waals surface area contributed by atoms with Gasteiger partial charge in [0.15, 0.2) is 11.6 Å². The third-order valence-electron chi connectivity index (χ3n) is 5.89. The van der Waals surface area contributed by atoms with E-state index in [-0.39, 0.29) is 12.4 Å². The lowest BCUT2D eigenvalue weighted by Crippen LogP contribution is -2.11. The van der Waals surface area contributed by atoms with Crippen LogP contribution in [0.15, 0.2) is 36.7 Å². The van der Waals surface area contributed by atoms with Crippen LogP contribution in [0, 0.1) is 5.92 Å². The molecule has 2 rings (SSSR count). The molecule has 0 saturated heterocycles. The normalized spacial score (nSPS) is 12.0. The van der Waals surface area contributed by atoms with E-state index >= 15 is 0 Å². The van der Waals surface area contributed by atoms with Crippen molar-refractivity contribution < 1.29 is 9.53 Å². The average Bonchev–Trinajstić information content (AvgIpc) is 2.80. The van der Waals surface area contributed by atoms with Crippen molar-refractivity contribution in [3.63, 3.8) is 0 Å². The summed E-state index contributed by atoms with van der Waals surface area (Å²) in [5.74, 6) is 2.28. The van der Waals surface area contributed by atoms with Gasteiger partial charge in [0.05, 0.1) is 0 Å². The molecular weight excluding hydrogens is 384 g/mol. The Morgan fingerprint density at radius 3 is 2.29 bits per heavy atom. The van der Waals surface area contributed by atoms with Crippen LogP contribution in [-0.2, 0) is 11.2 Å². The summed E-state index contributed by atoms with van der Waals surface area (Å²) in [5, 5.41) is 0. The summed E-state index contributed by atoms with van der Waals surface area (Å²) in [7, 11) is 0. The predicted molar refractivity (Wildman–Crippen MR) is 128 cm³/mol. The standard InChI is InChI=1S/C27H40N2O2/c1-4-6-7-8-9-10-13-23-19-28-27(29-20-23)24-15-17-26(18-16-24)31-21-25(30)14-11-12-22(3)5-2/h15-20,22H,4-14,21H2,1-3H3.